The third kappa shape index (κ3) is 4.00. The molecule has 1 aromatic rings. The fourth-order valence-electron chi connectivity index (χ4n) is 3.61. The molecule has 0 radical (unpaired) electrons. The molecule has 1 aromatic carbocycles. The lowest BCUT2D eigenvalue weighted by Gasteiger charge is -2.36. The first kappa shape index (κ1) is 17.9. The number of para-hydroxylation sites is 1. The third-order valence-electron chi connectivity index (χ3n) is 4.87. The maximum atomic E-state index is 12.7. The van der Waals surface area contributed by atoms with Crippen molar-refractivity contribution in [1.82, 2.24) is 14.7 Å². The highest BCUT2D eigenvalue weighted by molar-refractivity contribution is 6.32. The van der Waals surface area contributed by atoms with E-state index in [1.165, 1.54) is 0 Å². The highest BCUT2D eigenvalue weighted by Crippen LogP contribution is 2.29. The molecule has 0 spiro atoms. The van der Waals surface area contributed by atoms with Crippen LogP contribution in [0.4, 0.5) is 4.79 Å². The number of ether oxygens (including phenoxy) is 1. The number of carbonyl (C=O) groups is 2. The highest BCUT2D eigenvalue weighted by Gasteiger charge is 2.38. The van der Waals surface area contributed by atoms with Crippen molar-refractivity contribution in [2.24, 2.45) is 5.92 Å². The highest BCUT2D eigenvalue weighted by atomic mass is 35.5. The van der Waals surface area contributed by atoms with Crippen LogP contribution >= 0.6 is 11.6 Å². The van der Waals surface area contributed by atoms with Crippen LogP contribution in [0.3, 0.4) is 0 Å². The van der Waals surface area contributed by atoms with Crippen LogP contribution in [-0.4, -0.2) is 73.0 Å². The molecule has 0 saturated carbocycles. The van der Waals surface area contributed by atoms with E-state index >= 15 is 0 Å². The fourth-order valence-corrected chi connectivity index (χ4v) is 3.80. The number of nitrogens with zero attached hydrogens (tertiary/aromatic N) is 3. The molecule has 3 aliphatic rings. The fraction of sp³-hybridized carbons (Fsp3) is 0.556. The van der Waals surface area contributed by atoms with Crippen molar-refractivity contribution >= 4 is 23.5 Å². The van der Waals surface area contributed by atoms with Gasteiger partial charge in [-0.25, -0.2) is 4.79 Å². The zero-order valence-corrected chi connectivity index (χ0v) is 15.4. The van der Waals surface area contributed by atoms with Gasteiger partial charge in [-0.3, -0.25) is 4.79 Å². The van der Waals surface area contributed by atoms with Gasteiger partial charge < -0.3 is 19.4 Å². The van der Waals surface area contributed by atoms with Crippen LogP contribution in [-0.2, 0) is 4.79 Å². The Bertz CT molecular complexity index is 652. The molecule has 3 fully saturated rings. The molecule has 25 heavy (non-hydrogen) atoms. The van der Waals surface area contributed by atoms with Gasteiger partial charge in [-0.1, -0.05) is 23.7 Å². The van der Waals surface area contributed by atoms with Gasteiger partial charge in [0.2, 0.25) is 0 Å². The van der Waals surface area contributed by atoms with Gasteiger partial charge in [-0.2, -0.15) is 0 Å². The summed E-state index contributed by atoms with van der Waals surface area (Å²) in [6, 6.07) is 7.20. The molecule has 0 N–H and O–H groups in total. The van der Waals surface area contributed by atoms with Crippen molar-refractivity contribution in [2.75, 3.05) is 40.3 Å². The molecular weight excluding hydrogens is 342 g/mol. The average molecular weight is 366 g/mol. The van der Waals surface area contributed by atoms with Crippen molar-refractivity contribution in [3.8, 4) is 5.75 Å². The Hall–Kier alpha value is -1.95. The summed E-state index contributed by atoms with van der Waals surface area (Å²) in [5.74, 6) is 0.794. The first-order chi connectivity index (χ1) is 12.0. The topological polar surface area (TPSA) is 53.1 Å². The second kappa shape index (κ2) is 7.52. The molecule has 3 amide bonds. The number of hydrogen-bond donors (Lipinski definition) is 0. The van der Waals surface area contributed by atoms with Crippen molar-refractivity contribution in [1.29, 1.82) is 0 Å². The van der Waals surface area contributed by atoms with Crippen molar-refractivity contribution in [3.63, 3.8) is 0 Å². The zero-order valence-electron chi connectivity index (χ0n) is 14.7. The molecule has 3 heterocycles. The van der Waals surface area contributed by atoms with Crippen LogP contribution < -0.4 is 4.74 Å². The first-order valence-electron chi connectivity index (χ1n) is 8.58. The summed E-state index contributed by atoms with van der Waals surface area (Å²) in [5.41, 5.74) is 0. The smallest absolute Gasteiger partial charge is 0.319 e. The van der Waals surface area contributed by atoms with Crippen molar-refractivity contribution in [3.05, 3.63) is 29.3 Å². The molecule has 6 nitrogen and oxygen atoms in total. The van der Waals surface area contributed by atoms with Gasteiger partial charge >= 0.3 is 6.03 Å². The second-order valence-electron chi connectivity index (χ2n) is 6.94. The van der Waals surface area contributed by atoms with E-state index in [4.69, 9.17) is 16.3 Å². The number of carbonyl (C=O) groups excluding carboxylic acids is 2. The zero-order chi connectivity index (χ0) is 18.0. The van der Waals surface area contributed by atoms with E-state index in [1.807, 2.05) is 21.9 Å². The Kier molecular flexibility index (Phi) is 5.37. The predicted molar refractivity (Wildman–Crippen MR) is 95.8 cm³/mol. The summed E-state index contributed by atoms with van der Waals surface area (Å²) < 4.78 is 5.60. The largest absolute Gasteiger partial charge is 0.482 e. The molecule has 3 aliphatic heterocycles. The van der Waals surface area contributed by atoms with Gasteiger partial charge in [0.05, 0.1) is 5.02 Å². The summed E-state index contributed by atoms with van der Waals surface area (Å²) in [6.45, 7) is 1.95. The molecule has 2 atom stereocenters. The van der Waals surface area contributed by atoms with Crippen LogP contribution in [0.25, 0.3) is 0 Å². The van der Waals surface area contributed by atoms with E-state index in [0.29, 0.717) is 36.3 Å². The van der Waals surface area contributed by atoms with Crippen LogP contribution in [0, 0.1) is 5.92 Å². The standard InChI is InChI=1S/C18H24ClN3O3/c1-20(2)18(24)21-9-13-7-8-14(11-21)22(10-13)17(23)12-25-16-6-4-3-5-15(16)19/h3-6,13-14H,7-12H2,1-2H3/t13-,14+/m1/s1. The Labute approximate surface area is 153 Å². The lowest BCUT2D eigenvalue weighted by Crippen LogP contribution is -2.49. The van der Waals surface area contributed by atoms with Crippen molar-refractivity contribution in [2.45, 2.75) is 18.9 Å². The summed E-state index contributed by atoms with van der Waals surface area (Å²) in [7, 11) is 3.52. The average Bonchev–Trinajstić information content (AvgIpc) is 2.91. The number of fused-ring (bicyclic) bond motifs is 4. The maximum Gasteiger partial charge on any atom is 0.319 e. The molecular formula is C18H24ClN3O3. The number of benzene rings is 1. The lowest BCUT2D eigenvalue weighted by atomic mass is 9.95. The van der Waals surface area contributed by atoms with Gasteiger partial charge in [0.25, 0.3) is 5.91 Å². The molecule has 136 valence electrons. The van der Waals surface area contributed by atoms with Crippen molar-refractivity contribution < 1.29 is 14.3 Å². The Morgan fingerprint density at radius 1 is 1.20 bits per heavy atom. The van der Waals surface area contributed by atoms with E-state index in [0.717, 1.165) is 12.8 Å². The Morgan fingerprint density at radius 2 is 1.96 bits per heavy atom. The minimum Gasteiger partial charge on any atom is -0.482 e. The molecule has 2 bridgehead atoms. The van der Waals surface area contributed by atoms with Gasteiger partial charge in [0.15, 0.2) is 6.61 Å². The van der Waals surface area contributed by atoms with E-state index < -0.39 is 0 Å². The lowest BCUT2D eigenvalue weighted by molar-refractivity contribution is -0.137. The minimum atomic E-state index is -0.0474. The summed E-state index contributed by atoms with van der Waals surface area (Å²) in [5, 5.41) is 0.496. The third-order valence-corrected chi connectivity index (χ3v) is 5.19. The number of piperidine rings is 1. The van der Waals surface area contributed by atoms with Gasteiger partial charge in [-0.05, 0) is 30.9 Å². The molecule has 3 saturated heterocycles. The quantitative estimate of drug-likeness (QED) is 0.826. The van der Waals surface area contributed by atoms with Gasteiger partial charge in [0, 0.05) is 39.8 Å². The number of hydrogen-bond acceptors (Lipinski definition) is 3. The normalized spacial score (nSPS) is 22.5. The predicted octanol–water partition coefficient (Wildman–Crippen LogP) is 2.32. The summed E-state index contributed by atoms with van der Waals surface area (Å²) >= 11 is 6.07. The first-order valence-corrected chi connectivity index (χ1v) is 8.96. The maximum absolute atomic E-state index is 12.7. The van der Waals surface area contributed by atoms with Gasteiger partial charge in [-0.15, -0.1) is 0 Å². The number of amides is 3. The number of halogens is 1. The summed E-state index contributed by atoms with van der Waals surface area (Å²) in [4.78, 5) is 30.3. The molecule has 7 heteroatoms. The monoisotopic (exact) mass is 365 g/mol. The molecule has 0 aromatic heterocycles. The molecule has 0 unspecified atom stereocenters. The van der Waals surface area contributed by atoms with Crippen LogP contribution in [0.15, 0.2) is 24.3 Å². The number of urea groups is 1. The van der Waals surface area contributed by atoms with Crippen LogP contribution in [0.2, 0.25) is 5.02 Å². The van der Waals surface area contributed by atoms with Crippen LogP contribution in [0.5, 0.6) is 5.75 Å². The second-order valence-corrected chi connectivity index (χ2v) is 7.35. The SMILES string of the molecule is CN(C)C(=O)N1C[C@H]2CC[C@@H](C1)N(C(=O)COc1ccccc1Cl)C2. The van der Waals surface area contributed by atoms with E-state index in [2.05, 4.69) is 0 Å². The van der Waals surface area contributed by atoms with E-state index in [-0.39, 0.29) is 24.6 Å². The van der Waals surface area contributed by atoms with Crippen LogP contribution in [0.1, 0.15) is 12.8 Å². The molecule has 4 rings (SSSR count). The minimum absolute atomic E-state index is 0.0125. The van der Waals surface area contributed by atoms with E-state index in [1.54, 1.807) is 31.1 Å². The Morgan fingerprint density at radius 3 is 2.68 bits per heavy atom. The Balaban J connectivity index is 1.64. The van der Waals surface area contributed by atoms with Gasteiger partial charge in [0.1, 0.15) is 5.75 Å². The van der Waals surface area contributed by atoms with E-state index in [9.17, 15) is 9.59 Å². The molecule has 0 aliphatic carbocycles. The summed E-state index contributed by atoms with van der Waals surface area (Å²) in [6.07, 6.45) is 1.98. The number of rotatable bonds is 3.